The van der Waals surface area contributed by atoms with E-state index in [4.69, 9.17) is 4.98 Å². The van der Waals surface area contributed by atoms with Crippen LogP contribution in [0, 0.1) is 6.92 Å². The van der Waals surface area contributed by atoms with Crippen molar-refractivity contribution < 1.29 is 4.79 Å². The molecule has 0 N–H and O–H groups in total. The normalized spacial score (nSPS) is 13.7. The Hall–Kier alpha value is -3.16. The number of hydrogen-bond donors (Lipinski definition) is 0. The third kappa shape index (κ3) is 3.07. The van der Waals surface area contributed by atoms with E-state index in [1.54, 1.807) is 18.7 Å². The summed E-state index contributed by atoms with van der Waals surface area (Å²) in [6.45, 7) is 3.69. The lowest BCUT2D eigenvalue weighted by Gasteiger charge is -2.29. The minimum atomic E-state index is -0.233. The highest BCUT2D eigenvalue weighted by atomic mass is 16.2. The molecule has 0 fully saturated rings. The Kier molecular flexibility index (Phi) is 4.18. The maximum Gasteiger partial charge on any atom is 0.346 e. The summed E-state index contributed by atoms with van der Waals surface area (Å²) in [4.78, 5) is 32.9. The first kappa shape index (κ1) is 17.3. The van der Waals surface area contributed by atoms with Gasteiger partial charge in [-0.2, -0.15) is 5.10 Å². The fourth-order valence-corrected chi connectivity index (χ4v) is 3.38. The predicted molar refractivity (Wildman–Crippen MR) is 103 cm³/mol. The molecule has 0 aliphatic carbocycles. The van der Waals surface area contributed by atoms with E-state index in [1.165, 1.54) is 9.58 Å². The number of carbonyl (C=O) groups is 1. The van der Waals surface area contributed by atoms with Gasteiger partial charge in [0.25, 0.3) is 0 Å². The molecule has 27 heavy (non-hydrogen) atoms. The summed E-state index contributed by atoms with van der Waals surface area (Å²) in [6.07, 6.45) is 0. The van der Waals surface area contributed by atoms with Crippen LogP contribution in [0.2, 0.25) is 0 Å². The van der Waals surface area contributed by atoms with Crippen molar-refractivity contribution in [1.29, 1.82) is 0 Å². The average Bonchev–Trinajstić information content (AvgIpc) is 2.96. The van der Waals surface area contributed by atoms with Gasteiger partial charge in [0.15, 0.2) is 5.82 Å². The number of pyridine rings is 1. The average molecular weight is 366 g/mol. The van der Waals surface area contributed by atoms with Crippen molar-refractivity contribution in [3.63, 3.8) is 0 Å². The number of para-hydroxylation sites is 1. The van der Waals surface area contributed by atoms with Crippen molar-refractivity contribution in [1.82, 2.24) is 24.2 Å². The van der Waals surface area contributed by atoms with Crippen LogP contribution in [0.3, 0.4) is 0 Å². The number of benzene rings is 1. The van der Waals surface area contributed by atoms with Gasteiger partial charge in [0.2, 0.25) is 5.91 Å². The van der Waals surface area contributed by atoms with Gasteiger partial charge < -0.3 is 9.80 Å². The van der Waals surface area contributed by atoms with Gasteiger partial charge in [-0.1, -0.05) is 18.2 Å². The highest BCUT2D eigenvalue weighted by molar-refractivity contribution is 5.81. The Bertz CT molecular complexity index is 1080. The molecule has 4 rings (SSSR count). The third-order valence-corrected chi connectivity index (χ3v) is 4.90. The van der Waals surface area contributed by atoms with E-state index < -0.39 is 0 Å². The molecule has 0 unspecified atom stereocenters. The van der Waals surface area contributed by atoms with Gasteiger partial charge >= 0.3 is 5.69 Å². The van der Waals surface area contributed by atoms with Gasteiger partial charge in [0.05, 0.1) is 12.1 Å². The first-order valence-electron chi connectivity index (χ1n) is 8.92. The van der Waals surface area contributed by atoms with E-state index in [-0.39, 0.29) is 18.1 Å². The Balaban J connectivity index is 1.65. The van der Waals surface area contributed by atoms with Crippen LogP contribution in [0.15, 0.2) is 35.1 Å². The predicted octanol–water partition coefficient (Wildman–Crippen LogP) is 1.01. The number of rotatable bonds is 3. The van der Waals surface area contributed by atoms with Crippen molar-refractivity contribution in [2.75, 3.05) is 25.5 Å². The van der Waals surface area contributed by atoms with E-state index in [0.29, 0.717) is 25.5 Å². The molecule has 0 radical (unpaired) electrons. The Morgan fingerprint density at radius 1 is 1.22 bits per heavy atom. The van der Waals surface area contributed by atoms with Crippen LogP contribution >= 0.6 is 0 Å². The molecule has 3 aromatic rings. The lowest BCUT2D eigenvalue weighted by molar-refractivity contribution is -0.129. The molecule has 0 spiro atoms. The summed E-state index contributed by atoms with van der Waals surface area (Å²) in [6, 6.07) is 10.2. The summed E-state index contributed by atoms with van der Waals surface area (Å²) in [5, 5.41) is 5.50. The molecule has 8 heteroatoms. The van der Waals surface area contributed by atoms with E-state index in [2.05, 4.69) is 22.1 Å². The smallest absolute Gasteiger partial charge is 0.346 e. The molecule has 2 aromatic heterocycles. The fraction of sp³-hybridized carbons (Fsp3) is 0.368. The number of likely N-dealkylation sites (N-methyl/N-ethyl adjacent to an activating group) is 1. The molecule has 0 bridgehead atoms. The second-order valence-corrected chi connectivity index (χ2v) is 7.04. The quantitative estimate of drug-likeness (QED) is 0.691. The number of amides is 1. The molecule has 0 saturated carbocycles. The van der Waals surface area contributed by atoms with Gasteiger partial charge in [-0.25, -0.2) is 14.5 Å². The van der Waals surface area contributed by atoms with E-state index >= 15 is 0 Å². The number of aryl methyl sites for hydroxylation is 1. The van der Waals surface area contributed by atoms with Crippen LogP contribution in [0.1, 0.15) is 11.4 Å². The third-order valence-electron chi connectivity index (χ3n) is 4.90. The maximum absolute atomic E-state index is 12.5. The fourth-order valence-electron chi connectivity index (χ4n) is 3.38. The standard InChI is InChI=1S/C19H22N6O2/c1-13-10-14-6-4-5-7-15(14)20-18(13)23-8-9-24-16(11-23)21-25(19(24)27)12-17(26)22(2)3/h4-7,10H,8-9,11-12H2,1-3H3. The van der Waals surface area contributed by atoms with Crippen LogP contribution in [0.25, 0.3) is 10.9 Å². The second-order valence-electron chi connectivity index (χ2n) is 7.04. The molecular formula is C19H22N6O2. The Morgan fingerprint density at radius 3 is 2.78 bits per heavy atom. The number of fused-ring (bicyclic) bond motifs is 2. The van der Waals surface area contributed by atoms with E-state index in [0.717, 1.165) is 22.3 Å². The SMILES string of the molecule is Cc1cc2ccccc2nc1N1CCn2c(nn(CC(=O)N(C)C)c2=O)C1. The molecule has 1 aliphatic rings. The molecule has 1 aromatic carbocycles. The number of nitrogens with zero attached hydrogens (tertiary/aromatic N) is 6. The van der Waals surface area contributed by atoms with Gasteiger partial charge in [0, 0.05) is 32.6 Å². The molecule has 8 nitrogen and oxygen atoms in total. The zero-order valence-corrected chi connectivity index (χ0v) is 15.7. The van der Waals surface area contributed by atoms with E-state index in [1.807, 2.05) is 25.1 Å². The molecule has 140 valence electrons. The highest BCUT2D eigenvalue weighted by Crippen LogP contribution is 2.25. The number of anilines is 1. The molecule has 0 atom stereocenters. The molecular weight excluding hydrogens is 344 g/mol. The molecule has 1 aliphatic heterocycles. The van der Waals surface area contributed by atoms with Crippen LogP contribution < -0.4 is 10.6 Å². The lowest BCUT2D eigenvalue weighted by atomic mass is 10.1. The molecule has 1 amide bonds. The first-order valence-corrected chi connectivity index (χ1v) is 8.92. The van der Waals surface area contributed by atoms with Gasteiger partial charge in [-0.15, -0.1) is 0 Å². The summed E-state index contributed by atoms with van der Waals surface area (Å²) in [5.41, 5.74) is 1.80. The van der Waals surface area contributed by atoms with Crippen molar-refractivity contribution in [2.45, 2.75) is 26.6 Å². The number of aromatic nitrogens is 4. The zero-order chi connectivity index (χ0) is 19.1. The van der Waals surface area contributed by atoms with Crippen LogP contribution in [-0.2, 0) is 24.4 Å². The summed E-state index contributed by atoms with van der Waals surface area (Å²) in [5.74, 6) is 1.41. The molecule has 0 saturated heterocycles. The monoisotopic (exact) mass is 366 g/mol. The maximum atomic E-state index is 12.5. The first-order chi connectivity index (χ1) is 12.9. The summed E-state index contributed by atoms with van der Waals surface area (Å²) in [7, 11) is 3.33. The van der Waals surface area contributed by atoms with Crippen molar-refractivity contribution in [3.8, 4) is 0 Å². The van der Waals surface area contributed by atoms with Crippen molar-refractivity contribution in [3.05, 3.63) is 52.2 Å². The molecule has 3 heterocycles. The van der Waals surface area contributed by atoms with Gasteiger partial charge in [0.1, 0.15) is 12.4 Å². The zero-order valence-electron chi connectivity index (χ0n) is 15.7. The van der Waals surface area contributed by atoms with Gasteiger partial charge in [-0.3, -0.25) is 9.36 Å². The number of hydrogen-bond acceptors (Lipinski definition) is 5. The van der Waals surface area contributed by atoms with Crippen LogP contribution in [0.4, 0.5) is 5.82 Å². The van der Waals surface area contributed by atoms with Crippen molar-refractivity contribution >= 4 is 22.6 Å². The lowest BCUT2D eigenvalue weighted by Crippen LogP contribution is -2.39. The Morgan fingerprint density at radius 2 is 2.00 bits per heavy atom. The largest absolute Gasteiger partial charge is 0.347 e. The summed E-state index contributed by atoms with van der Waals surface area (Å²) >= 11 is 0. The second kappa shape index (κ2) is 6.53. The van der Waals surface area contributed by atoms with Crippen molar-refractivity contribution in [2.24, 2.45) is 0 Å². The Labute approximate surface area is 156 Å². The van der Waals surface area contributed by atoms with Crippen LogP contribution in [-0.4, -0.2) is 50.8 Å². The van der Waals surface area contributed by atoms with Gasteiger partial charge in [-0.05, 0) is 24.6 Å². The number of carbonyl (C=O) groups excluding carboxylic acids is 1. The minimum Gasteiger partial charge on any atom is -0.347 e. The summed E-state index contributed by atoms with van der Waals surface area (Å²) < 4.78 is 2.90. The highest BCUT2D eigenvalue weighted by Gasteiger charge is 2.24. The minimum absolute atomic E-state index is 0.0426. The van der Waals surface area contributed by atoms with Crippen LogP contribution in [0.5, 0.6) is 0 Å². The topological polar surface area (TPSA) is 76.3 Å². The van der Waals surface area contributed by atoms with E-state index in [9.17, 15) is 9.59 Å².